The number of nitro groups is 1. The zero-order valence-electron chi connectivity index (χ0n) is 15.9. The fraction of sp³-hybridized carbons (Fsp3) is 0.105. The molecule has 1 heterocycles. The minimum atomic E-state index is -0.643. The van der Waals surface area contributed by atoms with Crippen LogP contribution in [0.3, 0.4) is 0 Å². The number of aryl methyl sites for hydroxylation is 2. The van der Waals surface area contributed by atoms with Crippen LogP contribution in [0.1, 0.15) is 21.5 Å². The Labute approximate surface area is 181 Å². The quantitative estimate of drug-likeness (QED) is 0.366. The molecular formula is C19H16Cl2N6O3. The number of carbonyl (C=O) groups excluding carboxylic acids is 1. The number of nitrogens with zero attached hydrogens (tertiary/aromatic N) is 3. The predicted molar refractivity (Wildman–Crippen MR) is 115 cm³/mol. The molecule has 0 bridgehead atoms. The van der Waals surface area contributed by atoms with Gasteiger partial charge in [0.25, 0.3) is 5.91 Å². The molecule has 1 amide bonds. The number of hydrazine groups is 1. The molecule has 0 saturated heterocycles. The van der Waals surface area contributed by atoms with Crippen molar-refractivity contribution in [1.82, 2.24) is 15.4 Å². The summed E-state index contributed by atoms with van der Waals surface area (Å²) in [6.07, 6.45) is 1.14. The summed E-state index contributed by atoms with van der Waals surface area (Å²) < 4.78 is 0. The first-order valence-electron chi connectivity index (χ1n) is 8.61. The molecule has 3 aromatic rings. The first-order chi connectivity index (χ1) is 14.3. The van der Waals surface area contributed by atoms with Gasteiger partial charge in [-0.3, -0.25) is 25.8 Å². The second-order valence-electron chi connectivity index (χ2n) is 6.32. The molecule has 154 valence electrons. The summed E-state index contributed by atoms with van der Waals surface area (Å²) in [6, 6.07) is 9.96. The van der Waals surface area contributed by atoms with Crippen molar-refractivity contribution in [2.45, 2.75) is 13.8 Å². The summed E-state index contributed by atoms with van der Waals surface area (Å²) in [7, 11) is 0. The van der Waals surface area contributed by atoms with Gasteiger partial charge in [-0.1, -0.05) is 40.9 Å². The highest BCUT2D eigenvalue weighted by atomic mass is 35.5. The van der Waals surface area contributed by atoms with E-state index in [4.69, 9.17) is 23.2 Å². The van der Waals surface area contributed by atoms with Gasteiger partial charge in [0.15, 0.2) is 0 Å². The molecule has 0 unspecified atom stereocenters. The number of carbonyl (C=O) groups is 1. The Morgan fingerprint density at radius 3 is 2.47 bits per heavy atom. The molecule has 0 aliphatic heterocycles. The third-order valence-corrected chi connectivity index (χ3v) is 4.66. The number of hydrogen-bond acceptors (Lipinski definition) is 7. The minimum absolute atomic E-state index is 0.0248. The Morgan fingerprint density at radius 2 is 1.80 bits per heavy atom. The number of halogens is 2. The molecule has 0 radical (unpaired) electrons. The van der Waals surface area contributed by atoms with Gasteiger partial charge < -0.3 is 5.32 Å². The van der Waals surface area contributed by atoms with E-state index in [9.17, 15) is 14.9 Å². The lowest BCUT2D eigenvalue weighted by atomic mass is 10.1. The number of aromatic nitrogens is 2. The molecule has 11 heteroatoms. The fourth-order valence-corrected chi connectivity index (χ4v) is 3.17. The van der Waals surface area contributed by atoms with Crippen LogP contribution >= 0.6 is 23.2 Å². The Balaban J connectivity index is 1.85. The van der Waals surface area contributed by atoms with E-state index in [2.05, 4.69) is 26.1 Å². The largest absolute Gasteiger partial charge is 0.355 e. The van der Waals surface area contributed by atoms with E-state index in [-0.39, 0.29) is 22.2 Å². The number of amides is 1. The summed E-state index contributed by atoms with van der Waals surface area (Å²) in [5.41, 5.74) is 7.12. The lowest BCUT2D eigenvalue weighted by Crippen LogP contribution is -2.30. The molecule has 1 aromatic heterocycles. The van der Waals surface area contributed by atoms with Crippen LogP contribution < -0.4 is 16.2 Å². The smallest absolute Gasteiger partial charge is 0.334 e. The molecule has 3 rings (SSSR count). The van der Waals surface area contributed by atoms with Gasteiger partial charge in [-0.05, 0) is 43.7 Å². The van der Waals surface area contributed by atoms with Crippen LogP contribution in [0.4, 0.5) is 23.0 Å². The highest BCUT2D eigenvalue weighted by Gasteiger charge is 2.24. The van der Waals surface area contributed by atoms with E-state index >= 15 is 0 Å². The normalized spacial score (nSPS) is 10.4. The van der Waals surface area contributed by atoms with E-state index in [0.29, 0.717) is 10.7 Å². The summed E-state index contributed by atoms with van der Waals surface area (Å²) in [5, 5.41) is 15.1. The third-order valence-electron chi connectivity index (χ3n) is 4.11. The number of nitrogens with one attached hydrogen (secondary N) is 3. The van der Waals surface area contributed by atoms with Gasteiger partial charge >= 0.3 is 5.69 Å². The highest BCUT2D eigenvalue weighted by molar-refractivity contribution is 6.36. The van der Waals surface area contributed by atoms with Gasteiger partial charge in [0.1, 0.15) is 6.33 Å². The van der Waals surface area contributed by atoms with Crippen LogP contribution in [0.2, 0.25) is 10.0 Å². The molecule has 30 heavy (non-hydrogen) atoms. The molecule has 0 spiro atoms. The van der Waals surface area contributed by atoms with Gasteiger partial charge in [-0.25, -0.2) is 9.97 Å². The van der Waals surface area contributed by atoms with Gasteiger partial charge in [0, 0.05) is 10.7 Å². The average molecular weight is 447 g/mol. The summed E-state index contributed by atoms with van der Waals surface area (Å²) in [4.78, 5) is 31.2. The van der Waals surface area contributed by atoms with Gasteiger partial charge in [-0.2, -0.15) is 0 Å². The van der Waals surface area contributed by atoms with E-state index in [1.165, 1.54) is 18.2 Å². The van der Waals surface area contributed by atoms with Crippen molar-refractivity contribution < 1.29 is 9.72 Å². The van der Waals surface area contributed by atoms with Crippen LogP contribution in [0.15, 0.2) is 42.7 Å². The Morgan fingerprint density at radius 1 is 1.07 bits per heavy atom. The van der Waals surface area contributed by atoms with Gasteiger partial charge in [0.05, 0.1) is 15.5 Å². The Bertz CT molecular complexity index is 1140. The van der Waals surface area contributed by atoms with Crippen LogP contribution in [0, 0.1) is 24.0 Å². The summed E-state index contributed by atoms with van der Waals surface area (Å²) in [6.45, 7) is 3.82. The number of hydrogen-bond donors (Lipinski definition) is 3. The van der Waals surface area contributed by atoms with Crippen LogP contribution in [0.5, 0.6) is 0 Å². The SMILES string of the molecule is Cc1ccc(Nc2ncnc(NNC(=O)c3ccc(Cl)cc3Cl)c2[N+](=O)[O-])c(C)c1. The second-order valence-corrected chi connectivity index (χ2v) is 7.17. The van der Waals surface area contributed by atoms with E-state index in [1.54, 1.807) is 6.07 Å². The van der Waals surface area contributed by atoms with Gasteiger partial charge in [-0.15, -0.1) is 0 Å². The average Bonchev–Trinajstić information content (AvgIpc) is 2.68. The Hall–Kier alpha value is -3.43. The first kappa shape index (κ1) is 21.3. The monoisotopic (exact) mass is 446 g/mol. The standard InChI is InChI=1S/C19H16Cl2N6O3/c1-10-3-6-15(11(2)7-10)24-17-16(27(29)30)18(23-9-22-17)25-26-19(28)13-5-4-12(20)8-14(13)21/h3-9H,1-2H3,(H,26,28)(H2,22,23,24,25). The molecule has 0 fully saturated rings. The van der Waals surface area contributed by atoms with E-state index < -0.39 is 16.5 Å². The van der Waals surface area contributed by atoms with Crippen LogP contribution in [0.25, 0.3) is 0 Å². The van der Waals surface area contributed by atoms with Gasteiger partial charge in [0.2, 0.25) is 11.6 Å². The Kier molecular flexibility index (Phi) is 6.34. The van der Waals surface area contributed by atoms with Crippen molar-refractivity contribution >= 4 is 52.1 Å². The zero-order chi connectivity index (χ0) is 21.8. The molecule has 0 aliphatic carbocycles. The third kappa shape index (κ3) is 4.76. The highest BCUT2D eigenvalue weighted by Crippen LogP contribution is 2.32. The van der Waals surface area contributed by atoms with E-state index in [0.717, 1.165) is 17.5 Å². The molecule has 3 N–H and O–H groups in total. The maximum absolute atomic E-state index is 12.4. The number of rotatable bonds is 6. The van der Waals surface area contributed by atoms with Crippen molar-refractivity contribution in [3.63, 3.8) is 0 Å². The molecular weight excluding hydrogens is 431 g/mol. The van der Waals surface area contributed by atoms with Crippen molar-refractivity contribution in [2.24, 2.45) is 0 Å². The van der Waals surface area contributed by atoms with Crippen molar-refractivity contribution in [3.05, 3.63) is 79.6 Å². The molecule has 0 atom stereocenters. The lowest BCUT2D eigenvalue weighted by molar-refractivity contribution is -0.383. The fourth-order valence-electron chi connectivity index (χ4n) is 2.67. The van der Waals surface area contributed by atoms with Crippen molar-refractivity contribution in [1.29, 1.82) is 0 Å². The summed E-state index contributed by atoms with van der Waals surface area (Å²) in [5.74, 6) is -0.836. The molecule has 0 saturated carbocycles. The lowest BCUT2D eigenvalue weighted by Gasteiger charge is -2.13. The molecule has 2 aromatic carbocycles. The first-order valence-corrected chi connectivity index (χ1v) is 9.37. The summed E-state index contributed by atoms with van der Waals surface area (Å²) >= 11 is 11.8. The second kappa shape index (κ2) is 8.93. The number of anilines is 3. The molecule has 9 nitrogen and oxygen atoms in total. The van der Waals surface area contributed by atoms with E-state index in [1.807, 2.05) is 26.0 Å². The van der Waals surface area contributed by atoms with Crippen molar-refractivity contribution in [3.8, 4) is 0 Å². The van der Waals surface area contributed by atoms with Crippen LogP contribution in [-0.2, 0) is 0 Å². The maximum atomic E-state index is 12.4. The van der Waals surface area contributed by atoms with Crippen molar-refractivity contribution in [2.75, 3.05) is 10.7 Å². The molecule has 0 aliphatic rings. The maximum Gasteiger partial charge on any atom is 0.355 e. The topological polar surface area (TPSA) is 122 Å². The zero-order valence-corrected chi connectivity index (χ0v) is 17.4. The minimum Gasteiger partial charge on any atom is -0.334 e. The van der Waals surface area contributed by atoms with Crippen LogP contribution in [-0.4, -0.2) is 20.8 Å². The number of benzene rings is 2. The predicted octanol–water partition coefficient (Wildman–Crippen LogP) is 4.81.